The van der Waals surface area contributed by atoms with Crippen molar-refractivity contribution in [1.82, 2.24) is 14.9 Å². The zero-order chi connectivity index (χ0) is 17.4. The molecule has 1 fully saturated rings. The van der Waals surface area contributed by atoms with Gasteiger partial charge in [0.15, 0.2) is 0 Å². The summed E-state index contributed by atoms with van der Waals surface area (Å²) in [6, 6.07) is 3.91. The molecule has 132 valence electrons. The Morgan fingerprint density at radius 1 is 1.24 bits per heavy atom. The molecule has 4 rings (SSSR count). The van der Waals surface area contributed by atoms with E-state index in [1.807, 2.05) is 18.3 Å². The van der Waals surface area contributed by atoms with Crippen molar-refractivity contribution in [3.8, 4) is 0 Å². The standard InChI is InChI=1S/C18H21Cl2N5/c1-25-4-2-18(3-5-25)8-12-6-14(19)15(20)7-16(12)24-17(18)22-10-13-9-21-11-23-13/h6-7,9,11H,2-5,8,10H2,1H3,(H,21,23)(H,22,24). The summed E-state index contributed by atoms with van der Waals surface area (Å²) in [6.45, 7) is 2.74. The lowest BCUT2D eigenvalue weighted by atomic mass is 9.70. The third-order valence-corrected chi connectivity index (χ3v) is 6.06. The Balaban J connectivity index is 1.70. The van der Waals surface area contributed by atoms with E-state index >= 15 is 0 Å². The van der Waals surface area contributed by atoms with Gasteiger partial charge >= 0.3 is 0 Å². The van der Waals surface area contributed by atoms with Gasteiger partial charge in [-0.1, -0.05) is 23.2 Å². The zero-order valence-corrected chi connectivity index (χ0v) is 15.7. The predicted molar refractivity (Wildman–Crippen MR) is 103 cm³/mol. The molecule has 2 N–H and O–H groups in total. The lowest BCUT2D eigenvalue weighted by Crippen LogP contribution is -2.49. The molecule has 1 spiro atoms. The molecule has 0 atom stereocenters. The fraction of sp³-hybridized carbons (Fsp3) is 0.444. The van der Waals surface area contributed by atoms with Gasteiger partial charge in [-0.2, -0.15) is 0 Å². The Labute approximate surface area is 157 Å². The van der Waals surface area contributed by atoms with E-state index < -0.39 is 0 Å². The molecule has 25 heavy (non-hydrogen) atoms. The summed E-state index contributed by atoms with van der Waals surface area (Å²) < 4.78 is 0. The van der Waals surface area contributed by atoms with Crippen LogP contribution in [0.25, 0.3) is 0 Å². The van der Waals surface area contributed by atoms with Crippen LogP contribution < -0.4 is 5.32 Å². The second-order valence-corrected chi connectivity index (χ2v) is 7.86. The number of fused-ring (bicyclic) bond motifs is 1. The van der Waals surface area contributed by atoms with Crippen LogP contribution in [0.15, 0.2) is 29.6 Å². The van der Waals surface area contributed by atoms with Crippen molar-refractivity contribution in [2.45, 2.75) is 25.8 Å². The van der Waals surface area contributed by atoms with Crippen LogP contribution in [0.2, 0.25) is 10.0 Å². The monoisotopic (exact) mass is 377 g/mol. The number of amidine groups is 1. The third kappa shape index (κ3) is 3.28. The Morgan fingerprint density at radius 3 is 2.72 bits per heavy atom. The van der Waals surface area contributed by atoms with Crippen LogP contribution in [0.5, 0.6) is 0 Å². The first-order chi connectivity index (χ1) is 12.1. The van der Waals surface area contributed by atoms with Crippen LogP contribution in [0.4, 0.5) is 5.69 Å². The molecule has 0 unspecified atom stereocenters. The van der Waals surface area contributed by atoms with Crippen LogP contribution in [0.1, 0.15) is 24.1 Å². The van der Waals surface area contributed by atoms with E-state index in [1.54, 1.807) is 6.33 Å². The number of imidazole rings is 1. The molecule has 3 heterocycles. The van der Waals surface area contributed by atoms with Crippen molar-refractivity contribution < 1.29 is 0 Å². The molecule has 2 aromatic rings. The summed E-state index contributed by atoms with van der Waals surface area (Å²) in [5.74, 6) is 1.06. The number of hydrogen-bond donors (Lipinski definition) is 2. The number of H-pyrrole nitrogens is 1. The van der Waals surface area contributed by atoms with Crippen LogP contribution in [0.3, 0.4) is 0 Å². The van der Waals surface area contributed by atoms with E-state index in [1.165, 1.54) is 5.56 Å². The van der Waals surface area contributed by atoms with Gasteiger partial charge in [0.05, 0.1) is 28.6 Å². The first-order valence-electron chi connectivity index (χ1n) is 8.51. The molecule has 5 nitrogen and oxygen atoms in total. The maximum atomic E-state index is 6.25. The summed E-state index contributed by atoms with van der Waals surface area (Å²) in [5, 5.41) is 4.74. The number of likely N-dealkylation sites (tertiary alicyclic amines) is 1. The molecule has 1 aromatic carbocycles. The molecule has 0 radical (unpaired) electrons. The second kappa shape index (κ2) is 6.63. The molecular formula is C18H21Cl2N5. The maximum Gasteiger partial charge on any atom is 0.108 e. The number of nitrogens with zero attached hydrogens (tertiary/aromatic N) is 3. The summed E-state index contributed by atoms with van der Waals surface area (Å²) in [6.07, 6.45) is 6.61. The minimum atomic E-state index is 0.0384. The highest BCUT2D eigenvalue weighted by atomic mass is 35.5. The molecule has 2 aliphatic heterocycles. The average molecular weight is 378 g/mol. The van der Waals surface area contributed by atoms with E-state index in [-0.39, 0.29) is 5.41 Å². The number of anilines is 1. The summed E-state index contributed by atoms with van der Waals surface area (Å²) >= 11 is 12.5. The average Bonchev–Trinajstić information content (AvgIpc) is 3.11. The van der Waals surface area contributed by atoms with Gasteiger partial charge in [-0.3, -0.25) is 4.99 Å². The number of nitrogens with one attached hydrogen (secondary N) is 2. The summed E-state index contributed by atoms with van der Waals surface area (Å²) in [5.41, 5.74) is 3.29. The van der Waals surface area contributed by atoms with Crippen molar-refractivity contribution in [1.29, 1.82) is 0 Å². The largest absolute Gasteiger partial charge is 0.347 e. The highest BCUT2D eigenvalue weighted by molar-refractivity contribution is 6.42. The van der Waals surface area contributed by atoms with Crippen molar-refractivity contribution in [2.75, 3.05) is 25.5 Å². The van der Waals surface area contributed by atoms with Gasteiger partial charge in [0.25, 0.3) is 0 Å². The van der Waals surface area contributed by atoms with Crippen LogP contribution in [0, 0.1) is 5.41 Å². The van der Waals surface area contributed by atoms with Crippen molar-refractivity contribution >= 4 is 34.7 Å². The van der Waals surface area contributed by atoms with Crippen molar-refractivity contribution in [3.05, 3.63) is 46.0 Å². The summed E-state index contributed by atoms with van der Waals surface area (Å²) in [7, 11) is 2.18. The number of rotatable bonds is 2. The zero-order valence-electron chi connectivity index (χ0n) is 14.1. The SMILES string of the molecule is CN1CCC2(CC1)Cc1cc(Cl)c(Cl)cc1NC2=NCc1cnc[nH]1. The number of aromatic nitrogens is 2. The Kier molecular flexibility index (Phi) is 4.48. The lowest BCUT2D eigenvalue weighted by Gasteiger charge is -2.45. The lowest BCUT2D eigenvalue weighted by molar-refractivity contribution is 0.178. The van der Waals surface area contributed by atoms with Gasteiger partial charge in [-0.25, -0.2) is 4.98 Å². The first-order valence-corrected chi connectivity index (χ1v) is 9.27. The number of aromatic amines is 1. The number of piperidine rings is 1. The highest BCUT2D eigenvalue weighted by Gasteiger charge is 2.42. The number of halogens is 2. The molecule has 1 saturated heterocycles. The molecule has 0 aliphatic carbocycles. The Morgan fingerprint density at radius 2 is 2.00 bits per heavy atom. The molecule has 0 amide bonds. The molecular weight excluding hydrogens is 357 g/mol. The fourth-order valence-electron chi connectivity index (χ4n) is 3.76. The smallest absolute Gasteiger partial charge is 0.108 e. The second-order valence-electron chi connectivity index (χ2n) is 7.05. The first kappa shape index (κ1) is 16.9. The van der Waals surface area contributed by atoms with Gasteiger partial charge in [0.1, 0.15) is 5.84 Å². The Hall–Kier alpha value is -1.56. The summed E-state index contributed by atoms with van der Waals surface area (Å²) in [4.78, 5) is 14.5. The van der Waals surface area contributed by atoms with E-state index in [2.05, 4.69) is 27.2 Å². The number of aliphatic imine (C=N–C) groups is 1. The molecule has 2 aliphatic rings. The fourth-order valence-corrected chi connectivity index (χ4v) is 4.11. The van der Waals surface area contributed by atoms with E-state index in [9.17, 15) is 0 Å². The maximum absolute atomic E-state index is 6.25. The van der Waals surface area contributed by atoms with E-state index in [4.69, 9.17) is 28.2 Å². The van der Waals surface area contributed by atoms with Gasteiger partial charge in [0.2, 0.25) is 0 Å². The third-order valence-electron chi connectivity index (χ3n) is 5.34. The van der Waals surface area contributed by atoms with Crippen LogP contribution in [-0.2, 0) is 13.0 Å². The van der Waals surface area contributed by atoms with Gasteiger partial charge in [0, 0.05) is 17.3 Å². The number of benzene rings is 1. The molecule has 1 aromatic heterocycles. The minimum Gasteiger partial charge on any atom is -0.347 e. The molecule has 0 bridgehead atoms. The molecule has 0 saturated carbocycles. The highest BCUT2D eigenvalue weighted by Crippen LogP contribution is 2.44. The molecule has 7 heteroatoms. The number of hydrogen-bond acceptors (Lipinski definition) is 3. The van der Waals surface area contributed by atoms with E-state index in [0.717, 1.165) is 49.6 Å². The van der Waals surface area contributed by atoms with Crippen LogP contribution in [-0.4, -0.2) is 40.8 Å². The van der Waals surface area contributed by atoms with Gasteiger partial charge < -0.3 is 15.2 Å². The van der Waals surface area contributed by atoms with Gasteiger partial charge in [-0.05, 0) is 57.1 Å². The topological polar surface area (TPSA) is 56.3 Å². The van der Waals surface area contributed by atoms with Crippen LogP contribution >= 0.6 is 23.2 Å². The van der Waals surface area contributed by atoms with Gasteiger partial charge in [-0.15, -0.1) is 0 Å². The predicted octanol–water partition coefficient (Wildman–Crippen LogP) is 4.00. The normalized spacial score (nSPS) is 21.3. The van der Waals surface area contributed by atoms with E-state index in [0.29, 0.717) is 16.6 Å². The minimum absolute atomic E-state index is 0.0384. The Bertz CT molecular complexity index is 792. The van der Waals surface area contributed by atoms with Crippen molar-refractivity contribution in [2.24, 2.45) is 10.4 Å². The quantitative estimate of drug-likeness (QED) is 0.831. The van der Waals surface area contributed by atoms with Crippen molar-refractivity contribution in [3.63, 3.8) is 0 Å².